The molecule has 0 amide bonds. The first-order chi connectivity index (χ1) is 17.3. The van der Waals surface area contributed by atoms with E-state index in [0.717, 1.165) is 65.2 Å². The number of nitrogens with zero attached hydrogens (tertiary/aromatic N) is 2. The summed E-state index contributed by atoms with van der Waals surface area (Å²) in [5, 5.41) is 8.81. The van der Waals surface area contributed by atoms with Gasteiger partial charge in [0.1, 0.15) is 18.7 Å². The average Bonchev–Trinajstić information content (AvgIpc) is 3.15. The Morgan fingerprint density at radius 2 is 1.63 bits per heavy atom. The lowest BCUT2D eigenvalue weighted by Crippen LogP contribution is -2.25. The van der Waals surface area contributed by atoms with E-state index < -0.39 is 0 Å². The van der Waals surface area contributed by atoms with Crippen LogP contribution < -0.4 is 19.7 Å². The van der Waals surface area contributed by atoms with Crippen LogP contribution in [0.3, 0.4) is 0 Å². The zero-order valence-electron chi connectivity index (χ0n) is 19.3. The molecule has 0 unspecified atom stereocenters. The topological polar surface area (TPSA) is 76.8 Å². The van der Waals surface area contributed by atoms with Crippen molar-refractivity contribution in [2.24, 2.45) is 0 Å². The van der Waals surface area contributed by atoms with Crippen molar-refractivity contribution in [3.63, 3.8) is 0 Å². The Kier molecular flexibility index (Phi) is 4.68. The molecule has 1 aliphatic carbocycles. The number of aromatic nitrogens is 1. The van der Waals surface area contributed by atoms with Gasteiger partial charge in [-0.3, -0.25) is 4.79 Å². The molecule has 1 fully saturated rings. The van der Waals surface area contributed by atoms with Gasteiger partial charge in [-0.25, -0.2) is 0 Å². The first-order valence-electron chi connectivity index (χ1n) is 12.3. The summed E-state index contributed by atoms with van der Waals surface area (Å²) in [6.07, 6.45) is 4.74. The summed E-state index contributed by atoms with van der Waals surface area (Å²) in [4.78, 5) is 16.2. The third-order valence-electron chi connectivity index (χ3n) is 7.15. The quantitative estimate of drug-likeness (QED) is 0.352. The van der Waals surface area contributed by atoms with Crippen molar-refractivity contribution >= 4 is 33.7 Å². The molecule has 0 atom stereocenters. The van der Waals surface area contributed by atoms with Crippen molar-refractivity contribution < 1.29 is 18.8 Å². The van der Waals surface area contributed by atoms with E-state index in [9.17, 15) is 4.79 Å². The maximum atomic E-state index is 13.8. The lowest BCUT2D eigenvalue weighted by molar-refractivity contribution is 0.104. The van der Waals surface area contributed by atoms with Gasteiger partial charge in [0.05, 0.1) is 22.3 Å². The zero-order chi connectivity index (χ0) is 23.4. The van der Waals surface area contributed by atoms with E-state index in [1.165, 1.54) is 12.8 Å². The molecule has 0 radical (unpaired) electrons. The zero-order valence-corrected chi connectivity index (χ0v) is 19.3. The Balaban J connectivity index is 1.43. The number of carbonyl (C=O) groups excluding carboxylic acids is 1. The van der Waals surface area contributed by atoms with E-state index in [0.29, 0.717) is 35.9 Å². The smallest absolute Gasteiger partial charge is 0.196 e. The Morgan fingerprint density at radius 3 is 2.46 bits per heavy atom. The molecule has 0 saturated carbocycles. The molecule has 35 heavy (non-hydrogen) atoms. The minimum atomic E-state index is -0.0243. The van der Waals surface area contributed by atoms with E-state index in [-0.39, 0.29) is 5.78 Å². The lowest BCUT2D eigenvalue weighted by Gasteiger charge is -2.26. The molecule has 4 aromatic rings. The first kappa shape index (κ1) is 20.4. The lowest BCUT2D eigenvalue weighted by atomic mass is 9.86. The van der Waals surface area contributed by atoms with E-state index in [1.807, 2.05) is 42.5 Å². The number of hydrogen-bond donors (Lipinski definition) is 1. The minimum Gasteiger partial charge on any atom is -0.486 e. The molecule has 7 heteroatoms. The third kappa shape index (κ3) is 3.26. The summed E-state index contributed by atoms with van der Waals surface area (Å²) >= 11 is 0. The molecule has 3 aromatic carbocycles. The summed E-state index contributed by atoms with van der Waals surface area (Å²) in [5.74, 6) is 2.07. The Hall–Kier alpha value is -4.00. The third-order valence-corrected chi connectivity index (χ3v) is 7.15. The number of rotatable bonds is 3. The second kappa shape index (κ2) is 8.05. The van der Waals surface area contributed by atoms with Crippen LogP contribution in [0.4, 0.5) is 17.1 Å². The number of fused-ring (bicyclic) bond motifs is 3. The standard InChI is InChI=1S/C28H25N3O4/c32-27-18-7-3-4-8-19(18)28-25-24(27)20(29-17-9-10-22-23(15-17)34-14-13-33-22)16-21(26(25)30-35-28)31-11-5-1-2-6-12-31/h3-4,7-10,15-16,29H,1-2,5-6,11-14H2. The number of hydrogen-bond acceptors (Lipinski definition) is 7. The number of carbonyl (C=O) groups is 1. The van der Waals surface area contributed by atoms with Gasteiger partial charge in [-0.1, -0.05) is 42.3 Å². The predicted molar refractivity (Wildman–Crippen MR) is 134 cm³/mol. The summed E-state index contributed by atoms with van der Waals surface area (Å²) < 4.78 is 17.4. The fourth-order valence-corrected chi connectivity index (χ4v) is 5.47. The van der Waals surface area contributed by atoms with Crippen LogP contribution in [-0.2, 0) is 0 Å². The molecular formula is C28H25N3O4. The van der Waals surface area contributed by atoms with Crippen LogP contribution in [0, 0.1) is 0 Å². The van der Waals surface area contributed by atoms with Crippen LogP contribution >= 0.6 is 0 Å². The number of ketones is 1. The maximum absolute atomic E-state index is 13.8. The first-order valence-corrected chi connectivity index (χ1v) is 12.3. The normalized spacial score (nSPS) is 16.7. The van der Waals surface area contributed by atoms with Gasteiger partial charge in [0.2, 0.25) is 0 Å². The Bertz CT molecular complexity index is 1470. The molecule has 1 N–H and O–H groups in total. The molecule has 0 spiro atoms. The molecule has 7 nitrogen and oxygen atoms in total. The Labute approximate surface area is 202 Å². The molecule has 1 aromatic heterocycles. The molecule has 2 aliphatic heterocycles. The largest absolute Gasteiger partial charge is 0.486 e. The molecule has 7 rings (SSSR count). The van der Waals surface area contributed by atoms with Crippen LogP contribution in [0.25, 0.3) is 22.2 Å². The highest BCUT2D eigenvalue weighted by Gasteiger charge is 2.34. The highest BCUT2D eigenvalue weighted by Crippen LogP contribution is 2.47. The number of nitrogens with one attached hydrogen (secondary N) is 1. The summed E-state index contributed by atoms with van der Waals surface area (Å²) in [6.45, 7) is 2.99. The second-order valence-electron chi connectivity index (χ2n) is 9.31. The van der Waals surface area contributed by atoms with Crippen LogP contribution in [0.5, 0.6) is 11.5 Å². The summed E-state index contributed by atoms with van der Waals surface area (Å²) in [6, 6.07) is 15.4. The maximum Gasteiger partial charge on any atom is 0.196 e. The fraction of sp³-hybridized carbons (Fsp3) is 0.286. The van der Waals surface area contributed by atoms with Crippen molar-refractivity contribution in [3.05, 3.63) is 59.7 Å². The molecule has 3 aliphatic rings. The van der Waals surface area contributed by atoms with Crippen LogP contribution in [-0.4, -0.2) is 37.2 Å². The number of ether oxygens (including phenoxy) is 2. The number of benzene rings is 3. The van der Waals surface area contributed by atoms with Crippen LogP contribution in [0.1, 0.15) is 41.6 Å². The van der Waals surface area contributed by atoms with Crippen molar-refractivity contribution in [2.45, 2.75) is 25.7 Å². The number of anilines is 3. The summed E-state index contributed by atoms with van der Waals surface area (Å²) in [5.41, 5.74) is 5.37. The van der Waals surface area contributed by atoms with Crippen molar-refractivity contribution in [1.82, 2.24) is 5.16 Å². The van der Waals surface area contributed by atoms with Gasteiger partial charge >= 0.3 is 0 Å². The molecule has 1 saturated heterocycles. The highest BCUT2D eigenvalue weighted by molar-refractivity contribution is 6.28. The van der Waals surface area contributed by atoms with E-state index >= 15 is 0 Å². The summed E-state index contributed by atoms with van der Waals surface area (Å²) in [7, 11) is 0. The molecule has 3 heterocycles. The van der Waals surface area contributed by atoms with E-state index in [2.05, 4.69) is 21.4 Å². The Morgan fingerprint density at radius 1 is 0.857 bits per heavy atom. The van der Waals surface area contributed by atoms with Gasteiger partial charge in [0, 0.05) is 36.0 Å². The average molecular weight is 468 g/mol. The van der Waals surface area contributed by atoms with E-state index in [1.54, 1.807) is 0 Å². The second-order valence-corrected chi connectivity index (χ2v) is 9.31. The van der Waals surface area contributed by atoms with Crippen molar-refractivity contribution in [2.75, 3.05) is 36.5 Å². The van der Waals surface area contributed by atoms with Gasteiger partial charge < -0.3 is 24.2 Å². The molecule has 176 valence electrons. The van der Waals surface area contributed by atoms with Gasteiger partial charge in [0.25, 0.3) is 0 Å². The van der Waals surface area contributed by atoms with Gasteiger partial charge in [-0.05, 0) is 31.0 Å². The minimum absolute atomic E-state index is 0.0243. The van der Waals surface area contributed by atoms with Gasteiger partial charge in [-0.2, -0.15) is 0 Å². The predicted octanol–water partition coefficient (Wildman–Crippen LogP) is 5.93. The van der Waals surface area contributed by atoms with Gasteiger partial charge in [0.15, 0.2) is 23.0 Å². The van der Waals surface area contributed by atoms with E-state index in [4.69, 9.17) is 14.0 Å². The molecular weight excluding hydrogens is 442 g/mol. The van der Waals surface area contributed by atoms with Crippen LogP contribution in [0.2, 0.25) is 0 Å². The fourth-order valence-electron chi connectivity index (χ4n) is 5.47. The van der Waals surface area contributed by atoms with Gasteiger partial charge in [-0.15, -0.1) is 0 Å². The highest BCUT2D eigenvalue weighted by atomic mass is 16.6. The monoisotopic (exact) mass is 467 g/mol. The van der Waals surface area contributed by atoms with Crippen LogP contribution in [0.15, 0.2) is 53.1 Å². The SMILES string of the molecule is O=C1c2ccccc2-c2onc3c(N4CCCCCC4)cc(Nc4ccc5c(c4)OCCO5)c1c23. The van der Waals surface area contributed by atoms with Crippen molar-refractivity contribution in [3.8, 4) is 22.8 Å². The van der Waals surface area contributed by atoms with Crippen molar-refractivity contribution in [1.29, 1.82) is 0 Å². The molecule has 0 bridgehead atoms.